The van der Waals surface area contributed by atoms with Gasteiger partial charge in [0.25, 0.3) is 0 Å². The summed E-state index contributed by atoms with van der Waals surface area (Å²) in [6.45, 7) is 3.97. The lowest BCUT2D eigenvalue weighted by Crippen LogP contribution is -2.33. The SMILES string of the molecule is Cc1ccc(S(C)(=O)=O)cc1S(=O)(=O)NCC[C@@H]1CCCNC1. The third kappa shape index (κ3) is 5.00. The average Bonchev–Trinajstić information content (AvgIpc) is 2.47. The highest BCUT2D eigenvalue weighted by Crippen LogP contribution is 2.20. The number of sulfonamides is 1. The van der Waals surface area contributed by atoms with E-state index in [1.54, 1.807) is 6.92 Å². The molecular formula is C15H24N2O4S2. The van der Waals surface area contributed by atoms with E-state index < -0.39 is 19.9 Å². The molecule has 1 aliphatic heterocycles. The second-order valence-corrected chi connectivity index (χ2v) is 9.85. The maximum Gasteiger partial charge on any atom is 0.240 e. The summed E-state index contributed by atoms with van der Waals surface area (Å²) in [6, 6.07) is 4.18. The molecule has 0 aliphatic carbocycles. The molecule has 0 spiro atoms. The maximum atomic E-state index is 12.5. The molecule has 130 valence electrons. The maximum absolute atomic E-state index is 12.5. The van der Waals surface area contributed by atoms with Gasteiger partial charge in [-0.25, -0.2) is 21.6 Å². The van der Waals surface area contributed by atoms with Gasteiger partial charge in [-0.15, -0.1) is 0 Å². The zero-order chi connectivity index (χ0) is 17.1. The molecule has 2 rings (SSSR count). The van der Waals surface area contributed by atoms with E-state index >= 15 is 0 Å². The van der Waals surface area contributed by atoms with Crippen LogP contribution in [0.3, 0.4) is 0 Å². The van der Waals surface area contributed by atoms with Crippen LogP contribution >= 0.6 is 0 Å². The molecule has 1 heterocycles. The van der Waals surface area contributed by atoms with E-state index in [9.17, 15) is 16.8 Å². The van der Waals surface area contributed by atoms with Crippen molar-refractivity contribution in [3.8, 4) is 0 Å². The zero-order valence-electron chi connectivity index (χ0n) is 13.5. The third-order valence-electron chi connectivity index (χ3n) is 4.12. The summed E-state index contributed by atoms with van der Waals surface area (Å²) in [5.41, 5.74) is 0.532. The molecule has 6 nitrogen and oxygen atoms in total. The highest BCUT2D eigenvalue weighted by molar-refractivity contribution is 7.91. The second kappa shape index (κ2) is 7.29. The highest BCUT2D eigenvalue weighted by atomic mass is 32.2. The van der Waals surface area contributed by atoms with Crippen molar-refractivity contribution in [3.05, 3.63) is 23.8 Å². The number of hydrogen-bond acceptors (Lipinski definition) is 5. The minimum Gasteiger partial charge on any atom is -0.316 e. The fraction of sp³-hybridized carbons (Fsp3) is 0.600. The van der Waals surface area contributed by atoms with Crippen LogP contribution in [0.5, 0.6) is 0 Å². The smallest absolute Gasteiger partial charge is 0.240 e. The first-order chi connectivity index (χ1) is 10.7. The first-order valence-electron chi connectivity index (χ1n) is 7.71. The van der Waals surface area contributed by atoms with Crippen molar-refractivity contribution < 1.29 is 16.8 Å². The molecule has 2 N–H and O–H groups in total. The van der Waals surface area contributed by atoms with Crippen LogP contribution in [0.2, 0.25) is 0 Å². The van der Waals surface area contributed by atoms with Crippen LogP contribution in [0.1, 0.15) is 24.8 Å². The van der Waals surface area contributed by atoms with Gasteiger partial charge in [-0.1, -0.05) is 6.07 Å². The standard InChI is InChI=1S/C15H24N2O4S2/c1-12-5-6-14(22(2,18)19)10-15(12)23(20,21)17-9-7-13-4-3-8-16-11-13/h5-6,10,13,16-17H,3-4,7-9,11H2,1-2H3/t13-/m0/s1. The average molecular weight is 361 g/mol. The summed E-state index contributed by atoms with van der Waals surface area (Å²) < 4.78 is 50.7. The number of rotatable bonds is 6. The van der Waals surface area contributed by atoms with Gasteiger partial charge in [-0.05, 0) is 62.9 Å². The van der Waals surface area contributed by atoms with Gasteiger partial charge in [-0.2, -0.15) is 0 Å². The Kier molecular flexibility index (Phi) is 5.83. The summed E-state index contributed by atoms with van der Waals surface area (Å²) in [6.07, 6.45) is 4.07. The number of hydrogen-bond donors (Lipinski definition) is 2. The van der Waals surface area contributed by atoms with Crippen LogP contribution in [-0.4, -0.2) is 42.7 Å². The molecule has 0 bridgehead atoms. The number of benzene rings is 1. The van der Waals surface area contributed by atoms with Crippen LogP contribution in [0.25, 0.3) is 0 Å². The monoisotopic (exact) mass is 360 g/mol. The molecule has 23 heavy (non-hydrogen) atoms. The van der Waals surface area contributed by atoms with E-state index in [1.807, 2.05) is 0 Å². The lowest BCUT2D eigenvalue weighted by atomic mass is 9.96. The zero-order valence-corrected chi connectivity index (χ0v) is 15.1. The Morgan fingerprint density at radius 1 is 1.26 bits per heavy atom. The van der Waals surface area contributed by atoms with Crippen LogP contribution in [0.4, 0.5) is 0 Å². The Bertz CT molecular complexity index is 752. The molecule has 1 aromatic rings. The van der Waals surface area contributed by atoms with Crippen molar-refractivity contribution in [3.63, 3.8) is 0 Å². The Hall–Kier alpha value is -0.960. The summed E-state index contributed by atoms with van der Waals surface area (Å²) in [5.74, 6) is 0.481. The van der Waals surface area contributed by atoms with Crippen molar-refractivity contribution in [2.75, 3.05) is 25.9 Å². The minimum absolute atomic E-state index is 0.0138. The van der Waals surface area contributed by atoms with Gasteiger partial charge in [0.1, 0.15) is 0 Å². The van der Waals surface area contributed by atoms with Crippen molar-refractivity contribution >= 4 is 19.9 Å². The normalized spacial score (nSPS) is 19.7. The first-order valence-corrected chi connectivity index (χ1v) is 11.1. The Balaban J connectivity index is 2.09. The molecule has 0 radical (unpaired) electrons. The van der Waals surface area contributed by atoms with Gasteiger partial charge in [0, 0.05) is 12.8 Å². The molecule has 1 fully saturated rings. The predicted molar refractivity (Wildman–Crippen MR) is 89.7 cm³/mol. The fourth-order valence-electron chi connectivity index (χ4n) is 2.75. The van der Waals surface area contributed by atoms with Gasteiger partial charge in [0.2, 0.25) is 10.0 Å². The highest BCUT2D eigenvalue weighted by Gasteiger charge is 2.20. The first kappa shape index (κ1) is 18.4. The van der Waals surface area contributed by atoms with Crippen molar-refractivity contribution in [2.24, 2.45) is 5.92 Å². The van der Waals surface area contributed by atoms with Crippen LogP contribution in [0.15, 0.2) is 28.0 Å². The molecule has 1 aromatic carbocycles. The number of sulfone groups is 1. The number of aryl methyl sites for hydroxylation is 1. The van der Waals surface area contributed by atoms with Gasteiger partial charge >= 0.3 is 0 Å². The molecule has 1 saturated heterocycles. The number of piperidine rings is 1. The molecule has 1 atom stereocenters. The van der Waals surface area contributed by atoms with E-state index in [0.717, 1.165) is 38.6 Å². The van der Waals surface area contributed by atoms with E-state index in [0.29, 0.717) is 18.0 Å². The largest absolute Gasteiger partial charge is 0.316 e. The second-order valence-electron chi connectivity index (χ2n) is 6.10. The van der Waals surface area contributed by atoms with Crippen LogP contribution < -0.4 is 10.0 Å². The predicted octanol–water partition coefficient (Wildman–Crippen LogP) is 1.07. The van der Waals surface area contributed by atoms with Crippen LogP contribution in [0, 0.1) is 12.8 Å². The van der Waals surface area contributed by atoms with Gasteiger partial charge < -0.3 is 5.32 Å². The van der Waals surface area contributed by atoms with Crippen molar-refractivity contribution in [1.29, 1.82) is 0 Å². The van der Waals surface area contributed by atoms with Gasteiger partial charge in [-0.3, -0.25) is 0 Å². The molecule has 1 aliphatic rings. The van der Waals surface area contributed by atoms with Gasteiger partial charge in [0.05, 0.1) is 9.79 Å². The van der Waals surface area contributed by atoms with Crippen molar-refractivity contribution in [2.45, 2.75) is 36.0 Å². The summed E-state index contributed by atoms with van der Waals surface area (Å²) >= 11 is 0. The van der Waals surface area contributed by atoms with Crippen LogP contribution in [-0.2, 0) is 19.9 Å². The minimum atomic E-state index is -3.71. The van der Waals surface area contributed by atoms with Crippen molar-refractivity contribution in [1.82, 2.24) is 10.0 Å². The van der Waals surface area contributed by atoms with Gasteiger partial charge in [0.15, 0.2) is 9.84 Å². The quantitative estimate of drug-likeness (QED) is 0.792. The summed E-state index contributed by atoms with van der Waals surface area (Å²) in [4.78, 5) is 0.0437. The molecular weight excluding hydrogens is 336 g/mol. The molecule has 0 amide bonds. The Morgan fingerprint density at radius 2 is 2.00 bits per heavy atom. The number of nitrogens with one attached hydrogen (secondary N) is 2. The summed E-state index contributed by atoms with van der Waals surface area (Å²) in [7, 11) is -7.15. The lowest BCUT2D eigenvalue weighted by molar-refractivity contribution is 0.358. The van der Waals surface area contributed by atoms with E-state index in [-0.39, 0.29) is 9.79 Å². The summed E-state index contributed by atoms with van der Waals surface area (Å²) in [5, 5.41) is 3.30. The topological polar surface area (TPSA) is 92.3 Å². The van der Waals surface area contributed by atoms with E-state index in [2.05, 4.69) is 10.0 Å². The fourth-order valence-corrected chi connectivity index (χ4v) is 4.78. The Morgan fingerprint density at radius 3 is 2.61 bits per heavy atom. The van der Waals surface area contributed by atoms with E-state index in [1.165, 1.54) is 18.2 Å². The molecule has 0 aromatic heterocycles. The van der Waals surface area contributed by atoms with E-state index in [4.69, 9.17) is 0 Å². The lowest BCUT2D eigenvalue weighted by Gasteiger charge is -2.22. The third-order valence-corrected chi connectivity index (χ3v) is 6.83. The molecule has 8 heteroatoms. The Labute approximate surface area is 138 Å². The molecule has 0 unspecified atom stereocenters. The molecule has 0 saturated carbocycles.